The van der Waals surface area contributed by atoms with Crippen molar-refractivity contribution >= 4 is 5.78 Å². The predicted molar refractivity (Wildman–Crippen MR) is 57.9 cm³/mol. The lowest BCUT2D eigenvalue weighted by Crippen LogP contribution is -2.17. The molecule has 0 amide bonds. The minimum atomic E-state index is -0.658. The summed E-state index contributed by atoms with van der Waals surface area (Å²) in [6.45, 7) is 2.20. The zero-order valence-electron chi connectivity index (χ0n) is 9.17. The van der Waals surface area contributed by atoms with Gasteiger partial charge in [-0.2, -0.15) is 0 Å². The van der Waals surface area contributed by atoms with E-state index in [0.29, 0.717) is 18.5 Å². The molecule has 88 valence electrons. The quantitative estimate of drug-likeness (QED) is 0.836. The molecule has 0 spiro atoms. The number of halogens is 2. The van der Waals surface area contributed by atoms with E-state index in [1.165, 1.54) is 12.1 Å². The number of carbonyl (C=O) groups excluding carboxylic acids is 1. The number of benzene rings is 1. The van der Waals surface area contributed by atoms with Crippen LogP contribution in [0.1, 0.15) is 18.9 Å². The number of hydrogen-bond donors (Lipinski definition) is 1. The van der Waals surface area contributed by atoms with Crippen LogP contribution in [0.4, 0.5) is 8.78 Å². The monoisotopic (exact) mass is 227 g/mol. The van der Waals surface area contributed by atoms with Crippen LogP contribution in [0.25, 0.3) is 0 Å². The Labute approximate surface area is 93.5 Å². The standard InChI is InChI=1S/C12H15F2NO/c1-8(2-3-15)12(16)6-9-4-10(13)7-11(14)5-9/h4-5,7-8H,2-3,6,15H2,1H3. The van der Waals surface area contributed by atoms with E-state index in [4.69, 9.17) is 5.73 Å². The molecule has 0 aromatic heterocycles. The molecule has 0 aliphatic carbocycles. The van der Waals surface area contributed by atoms with Crippen LogP contribution in [0.3, 0.4) is 0 Å². The third-order valence-electron chi connectivity index (χ3n) is 2.45. The van der Waals surface area contributed by atoms with Crippen molar-refractivity contribution in [3.63, 3.8) is 0 Å². The van der Waals surface area contributed by atoms with Crippen LogP contribution >= 0.6 is 0 Å². The SMILES string of the molecule is CC(CCN)C(=O)Cc1cc(F)cc(F)c1. The smallest absolute Gasteiger partial charge is 0.140 e. The van der Waals surface area contributed by atoms with Crippen molar-refractivity contribution in [1.82, 2.24) is 0 Å². The second kappa shape index (κ2) is 5.70. The largest absolute Gasteiger partial charge is 0.330 e. The van der Waals surface area contributed by atoms with Gasteiger partial charge < -0.3 is 5.73 Å². The molecule has 1 aromatic rings. The van der Waals surface area contributed by atoms with E-state index in [1.54, 1.807) is 6.92 Å². The zero-order chi connectivity index (χ0) is 12.1. The molecular weight excluding hydrogens is 212 g/mol. The lowest BCUT2D eigenvalue weighted by molar-refractivity contribution is -0.121. The molecule has 2 N–H and O–H groups in total. The molecule has 0 heterocycles. The molecule has 0 saturated heterocycles. The molecule has 0 bridgehead atoms. The first kappa shape index (κ1) is 12.8. The molecule has 1 unspecified atom stereocenters. The van der Waals surface area contributed by atoms with Crippen molar-refractivity contribution < 1.29 is 13.6 Å². The molecule has 2 nitrogen and oxygen atoms in total. The van der Waals surface area contributed by atoms with E-state index >= 15 is 0 Å². The molecule has 1 atom stereocenters. The van der Waals surface area contributed by atoms with E-state index in [1.807, 2.05) is 0 Å². The first-order chi connectivity index (χ1) is 7.52. The molecule has 0 radical (unpaired) electrons. The Kier molecular flexibility index (Phi) is 4.55. The summed E-state index contributed by atoms with van der Waals surface area (Å²) < 4.78 is 25.7. The predicted octanol–water partition coefficient (Wildman–Crippen LogP) is 2.06. The van der Waals surface area contributed by atoms with Crippen LogP contribution in [0.2, 0.25) is 0 Å². The molecule has 4 heteroatoms. The minimum absolute atomic E-state index is 0.0459. The van der Waals surface area contributed by atoms with Gasteiger partial charge in [0.05, 0.1) is 0 Å². The third-order valence-corrected chi connectivity index (χ3v) is 2.45. The Balaban J connectivity index is 2.69. The van der Waals surface area contributed by atoms with E-state index in [9.17, 15) is 13.6 Å². The summed E-state index contributed by atoms with van der Waals surface area (Å²) in [5.74, 6) is -1.53. The zero-order valence-corrected chi connectivity index (χ0v) is 9.17. The maximum absolute atomic E-state index is 12.9. The highest BCUT2D eigenvalue weighted by Gasteiger charge is 2.13. The first-order valence-electron chi connectivity index (χ1n) is 5.20. The van der Waals surface area contributed by atoms with Gasteiger partial charge in [0.2, 0.25) is 0 Å². The molecule has 0 aliphatic rings. The highest BCUT2D eigenvalue weighted by Crippen LogP contribution is 2.12. The average molecular weight is 227 g/mol. The lowest BCUT2D eigenvalue weighted by Gasteiger charge is -2.08. The summed E-state index contributed by atoms with van der Waals surface area (Å²) in [6, 6.07) is 3.14. The van der Waals surface area contributed by atoms with Gasteiger partial charge in [-0.3, -0.25) is 4.79 Å². The van der Waals surface area contributed by atoms with Gasteiger partial charge in [-0.05, 0) is 30.7 Å². The van der Waals surface area contributed by atoms with Crippen molar-refractivity contribution in [3.05, 3.63) is 35.4 Å². The Morgan fingerprint density at radius 1 is 1.31 bits per heavy atom. The van der Waals surface area contributed by atoms with Crippen LogP contribution < -0.4 is 5.73 Å². The van der Waals surface area contributed by atoms with Gasteiger partial charge in [-0.25, -0.2) is 8.78 Å². The van der Waals surface area contributed by atoms with Gasteiger partial charge in [-0.15, -0.1) is 0 Å². The van der Waals surface area contributed by atoms with Crippen LogP contribution in [0.15, 0.2) is 18.2 Å². The molecule has 0 saturated carbocycles. The number of ketones is 1. The second-order valence-corrected chi connectivity index (χ2v) is 3.90. The first-order valence-corrected chi connectivity index (χ1v) is 5.20. The summed E-state index contributed by atoms with van der Waals surface area (Å²) in [6.07, 6.45) is 0.645. The van der Waals surface area contributed by atoms with Gasteiger partial charge in [0, 0.05) is 18.4 Å². The van der Waals surface area contributed by atoms with Crippen molar-refractivity contribution in [3.8, 4) is 0 Å². The van der Waals surface area contributed by atoms with E-state index < -0.39 is 11.6 Å². The Bertz CT molecular complexity index is 359. The highest BCUT2D eigenvalue weighted by molar-refractivity contribution is 5.82. The summed E-state index contributed by atoms with van der Waals surface area (Å²) in [7, 11) is 0. The van der Waals surface area contributed by atoms with Gasteiger partial charge in [0.15, 0.2) is 0 Å². The number of nitrogens with two attached hydrogens (primary N) is 1. The third kappa shape index (κ3) is 3.70. The van der Waals surface area contributed by atoms with Gasteiger partial charge in [0.25, 0.3) is 0 Å². The van der Waals surface area contributed by atoms with E-state index in [0.717, 1.165) is 6.07 Å². The summed E-state index contributed by atoms with van der Waals surface area (Å²) in [5, 5.41) is 0. The molecular formula is C12H15F2NO. The topological polar surface area (TPSA) is 43.1 Å². The van der Waals surface area contributed by atoms with E-state index in [2.05, 4.69) is 0 Å². The molecule has 1 aromatic carbocycles. The maximum atomic E-state index is 12.9. The number of rotatable bonds is 5. The second-order valence-electron chi connectivity index (χ2n) is 3.90. The van der Waals surface area contributed by atoms with Crippen LogP contribution in [-0.2, 0) is 11.2 Å². The summed E-state index contributed by atoms with van der Waals surface area (Å²) in [5.41, 5.74) is 5.70. The molecule has 1 rings (SSSR count). The van der Waals surface area contributed by atoms with Crippen LogP contribution in [-0.4, -0.2) is 12.3 Å². The van der Waals surface area contributed by atoms with Crippen molar-refractivity contribution in [1.29, 1.82) is 0 Å². The van der Waals surface area contributed by atoms with Crippen molar-refractivity contribution in [2.75, 3.05) is 6.54 Å². The van der Waals surface area contributed by atoms with Crippen LogP contribution in [0.5, 0.6) is 0 Å². The summed E-state index contributed by atoms with van der Waals surface area (Å²) in [4.78, 5) is 11.6. The summed E-state index contributed by atoms with van der Waals surface area (Å²) >= 11 is 0. The fraction of sp³-hybridized carbons (Fsp3) is 0.417. The van der Waals surface area contributed by atoms with Crippen molar-refractivity contribution in [2.24, 2.45) is 11.7 Å². The highest BCUT2D eigenvalue weighted by atomic mass is 19.1. The number of hydrogen-bond acceptors (Lipinski definition) is 2. The fourth-order valence-corrected chi connectivity index (χ4v) is 1.50. The maximum Gasteiger partial charge on any atom is 0.140 e. The average Bonchev–Trinajstić information content (AvgIpc) is 2.16. The Morgan fingerprint density at radius 2 is 1.88 bits per heavy atom. The van der Waals surface area contributed by atoms with Gasteiger partial charge in [0.1, 0.15) is 17.4 Å². The van der Waals surface area contributed by atoms with Crippen molar-refractivity contribution in [2.45, 2.75) is 19.8 Å². The van der Waals surface area contributed by atoms with Gasteiger partial charge >= 0.3 is 0 Å². The lowest BCUT2D eigenvalue weighted by atomic mass is 9.97. The Hall–Kier alpha value is -1.29. The van der Waals surface area contributed by atoms with Crippen LogP contribution in [0, 0.1) is 17.6 Å². The van der Waals surface area contributed by atoms with E-state index in [-0.39, 0.29) is 18.1 Å². The number of carbonyl (C=O) groups is 1. The number of Topliss-reactive ketones (excluding diaryl/α,β-unsaturated/α-hetero) is 1. The normalized spacial score (nSPS) is 12.5. The minimum Gasteiger partial charge on any atom is -0.330 e. The Morgan fingerprint density at radius 3 is 2.38 bits per heavy atom. The van der Waals surface area contributed by atoms with Gasteiger partial charge in [-0.1, -0.05) is 6.92 Å². The fourth-order valence-electron chi connectivity index (χ4n) is 1.50. The molecule has 16 heavy (non-hydrogen) atoms. The molecule has 0 fully saturated rings. The molecule has 0 aliphatic heterocycles.